The molecule has 0 aliphatic heterocycles. The summed E-state index contributed by atoms with van der Waals surface area (Å²) in [7, 11) is 1.82. The van der Waals surface area contributed by atoms with Crippen LogP contribution in [0.2, 0.25) is 0 Å². The number of hydrogen-bond donors (Lipinski definition) is 2. The molecule has 0 aromatic carbocycles. The molecule has 0 saturated heterocycles. The lowest BCUT2D eigenvalue weighted by Crippen LogP contribution is -2.38. The number of rotatable bonds is 4. The first-order chi connectivity index (χ1) is 7.58. The predicted octanol–water partition coefficient (Wildman–Crippen LogP) is 0.196. The van der Waals surface area contributed by atoms with E-state index in [9.17, 15) is 4.79 Å². The largest absolute Gasteiger partial charge is 0.349 e. The lowest BCUT2D eigenvalue weighted by Gasteiger charge is -2.10. The first-order valence-corrected chi connectivity index (χ1v) is 5.62. The van der Waals surface area contributed by atoms with Crippen LogP contribution in [-0.4, -0.2) is 28.3 Å². The maximum Gasteiger partial charge on any atom is 0.271 e. The first kappa shape index (κ1) is 11.1. The lowest BCUT2D eigenvalue weighted by atomic mass is 10.2. The highest BCUT2D eigenvalue weighted by molar-refractivity contribution is 5.92. The third-order valence-electron chi connectivity index (χ3n) is 3.07. The second-order valence-corrected chi connectivity index (χ2v) is 4.51. The Balaban J connectivity index is 1.87. The summed E-state index contributed by atoms with van der Waals surface area (Å²) in [6.07, 6.45) is 2.39. The third-order valence-corrected chi connectivity index (χ3v) is 3.07. The van der Waals surface area contributed by atoms with Crippen molar-refractivity contribution in [3.05, 3.63) is 17.5 Å². The summed E-state index contributed by atoms with van der Waals surface area (Å²) in [5.74, 6) is 0.463. The van der Waals surface area contributed by atoms with E-state index < -0.39 is 0 Å². The van der Waals surface area contributed by atoms with Gasteiger partial charge in [-0.2, -0.15) is 5.10 Å². The molecule has 1 aromatic rings. The number of carbonyl (C=O) groups excluding carboxylic acids is 1. The van der Waals surface area contributed by atoms with Crippen molar-refractivity contribution in [3.63, 3.8) is 0 Å². The maximum absolute atomic E-state index is 11.7. The topological polar surface area (TPSA) is 72.9 Å². The van der Waals surface area contributed by atoms with E-state index >= 15 is 0 Å². The molecule has 1 aromatic heterocycles. The summed E-state index contributed by atoms with van der Waals surface area (Å²) in [5.41, 5.74) is 7.33. The van der Waals surface area contributed by atoms with Gasteiger partial charge in [0, 0.05) is 25.3 Å². The van der Waals surface area contributed by atoms with Crippen molar-refractivity contribution >= 4 is 5.91 Å². The minimum Gasteiger partial charge on any atom is -0.349 e. The van der Waals surface area contributed by atoms with Crippen LogP contribution in [0.5, 0.6) is 0 Å². The zero-order chi connectivity index (χ0) is 11.7. The van der Waals surface area contributed by atoms with E-state index in [4.69, 9.17) is 5.73 Å². The Hall–Kier alpha value is -1.36. The average Bonchev–Trinajstić information content (AvgIpc) is 3.03. The van der Waals surface area contributed by atoms with Crippen LogP contribution in [0.15, 0.2) is 6.07 Å². The highest BCUT2D eigenvalue weighted by Gasteiger charge is 2.28. The summed E-state index contributed by atoms with van der Waals surface area (Å²) < 4.78 is 1.69. The third kappa shape index (κ3) is 2.41. The smallest absolute Gasteiger partial charge is 0.271 e. The Labute approximate surface area is 95.0 Å². The zero-order valence-electron chi connectivity index (χ0n) is 9.73. The molecule has 1 amide bonds. The van der Waals surface area contributed by atoms with Crippen LogP contribution >= 0.6 is 0 Å². The number of nitrogens with zero attached hydrogens (tertiary/aromatic N) is 2. The van der Waals surface area contributed by atoms with E-state index in [1.807, 2.05) is 14.0 Å². The molecule has 1 fully saturated rings. The van der Waals surface area contributed by atoms with Gasteiger partial charge in [0.05, 0.1) is 0 Å². The van der Waals surface area contributed by atoms with E-state index in [0.29, 0.717) is 18.2 Å². The molecule has 5 nitrogen and oxygen atoms in total. The minimum absolute atomic E-state index is 0.0914. The Morgan fingerprint density at radius 3 is 2.94 bits per heavy atom. The first-order valence-electron chi connectivity index (χ1n) is 5.62. The van der Waals surface area contributed by atoms with Crippen LogP contribution in [0, 0.1) is 12.8 Å². The van der Waals surface area contributed by atoms with Crippen molar-refractivity contribution in [3.8, 4) is 0 Å². The van der Waals surface area contributed by atoms with Crippen molar-refractivity contribution in [2.24, 2.45) is 18.7 Å². The number of aromatic nitrogens is 2. The normalized spacial score (nSPS) is 17.2. The van der Waals surface area contributed by atoms with Crippen LogP contribution in [0.3, 0.4) is 0 Å². The number of hydrogen-bond acceptors (Lipinski definition) is 3. The average molecular weight is 222 g/mol. The second-order valence-electron chi connectivity index (χ2n) is 4.51. The predicted molar refractivity (Wildman–Crippen MR) is 61.0 cm³/mol. The van der Waals surface area contributed by atoms with Gasteiger partial charge in [-0.25, -0.2) is 0 Å². The molecule has 88 valence electrons. The Morgan fingerprint density at radius 2 is 2.44 bits per heavy atom. The monoisotopic (exact) mass is 222 g/mol. The highest BCUT2D eigenvalue weighted by atomic mass is 16.1. The van der Waals surface area contributed by atoms with Crippen LogP contribution in [-0.2, 0) is 7.05 Å². The fourth-order valence-corrected chi connectivity index (χ4v) is 1.66. The Kier molecular flexibility index (Phi) is 2.96. The summed E-state index contributed by atoms with van der Waals surface area (Å²) in [4.78, 5) is 11.7. The van der Waals surface area contributed by atoms with Crippen LogP contribution in [0.4, 0.5) is 0 Å². The number of nitrogens with two attached hydrogens (primary N) is 1. The summed E-state index contributed by atoms with van der Waals surface area (Å²) in [6, 6.07) is 1.87. The number of nitrogens with one attached hydrogen (secondary N) is 1. The molecule has 2 rings (SSSR count). The SMILES string of the molecule is Cc1cc(C(=O)NCC(N)C2CC2)nn1C. The number of aryl methyl sites for hydroxylation is 2. The van der Waals surface area contributed by atoms with Gasteiger partial charge in [-0.1, -0.05) is 0 Å². The fraction of sp³-hybridized carbons (Fsp3) is 0.636. The molecule has 1 saturated carbocycles. The Morgan fingerprint density at radius 1 is 1.75 bits per heavy atom. The summed E-state index contributed by atoms with van der Waals surface area (Å²) in [6.45, 7) is 2.46. The van der Waals surface area contributed by atoms with E-state index in [2.05, 4.69) is 10.4 Å². The van der Waals surface area contributed by atoms with Crippen molar-refractivity contribution in [1.82, 2.24) is 15.1 Å². The van der Waals surface area contributed by atoms with Crippen molar-refractivity contribution in [2.75, 3.05) is 6.54 Å². The molecule has 1 atom stereocenters. The van der Waals surface area contributed by atoms with Gasteiger partial charge in [0.25, 0.3) is 5.91 Å². The van der Waals surface area contributed by atoms with Gasteiger partial charge in [-0.15, -0.1) is 0 Å². The maximum atomic E-state index is 11.7. The second kappa shape index (κ2) is 4.25. The summed E-state index contributed by atoms with van der Waals surface area (Å²) >= 11 is 0. The van der Waals surface area contributed by atoms with Crippen molar-refractivity contribution < 1.29 is 4.79 Å². The minimum atomic E-state index is -0.139. The van der Waals surface area contributed by atoms with E-state index in [1.165, 1.54) is 12.8 Å². The molecule has 5 heteroatoms. The molecule has 1 unspecified atom stereocenters. The fourth-order valence-electron chi connectivity index (χ4n) is 1.66. The van der Waals surface area contributed by atoms with Gasteiger partial charge in [0.15, 0.2) is 0 Å². The van der Waals surface area contributed by atoms with Crippen molar-refractivity contribution in [2.45, 2.75) is 25.8 Å². The summed E-state index contributed by atoms with van der Waals surface area (Å²) in [5, 5.41) is 6.93. The number of carbonyl (C=O) groups is 1. The van der Waals surface area contributed by atoms with Crippen molar-refractivity contribution in [1.29, 1.82) is 0 Å². The van der Waals surface area contributed by atoms with Gasteiger partial charge in [-0.3, -0.25) is 9.48 Å². The molecule has 0 radical (unpaired) electrons. The molecular formula is C11H18N4O. The number of amides is 1. The standard InChI is InChI=1S/C11H18N4O/c1-7-5-10(14-15(7)2)11(16)13-6-9(12)8-3-4-8/h5,8-9H,3-4,6,12H2,1-2H3,(H,13,16). The molecular weight excluding hydrogens is 204 g/mol. The van der Waals surface area contributed by atoms with E-state index in [0.717, 1.165) is 5.69 Å². The molecule has 0 bridgehead atoms. The molecule has 16 heavy (non-hydrogen) atoms. The molecule has 3 N–H and O–H groups in total. The van der Waals surface area contributed by atoms with Gasteiger partial charge >= 0.3 is 0 Å². The van der Waals surface area contributed by atoms with Crippen LogP contribution in [0.25, 0.3) is 0 Å². The highest BCUT2D eigenvalue weighted by Crippen LogP contribution is 2.31. The van der Waals surface area contributed by atoms with Crippen LogP contribution < -0.4 is 11.1 Å². The molecule has 1 aliphatic carbocycles. The quantitative estimate of drug-likeness (QED) is 0.764. The zero-order valence-corrected chi connectivity index (χ0v) is 9.73. The molecule has 1 heterocycles. The Bertz CT molecular complexity index is 375. The van der Waals surface area contributed by atoms with Gasteiger partial charge in [0.2, 0.25) is 0 Å². The molecule has 0 spiro atoms. The van der Waals surface area contributed by atoms with E-state index in [-0.39, 0.29) is 11.9 Å². The van der Waals surface area contributed by atoms with Gasteiger partial charge < -0.3 is 11.1 Å². The molecule has 1 aliphatic rings. The van der Waals surface area contributed by atoms with E-state index in [1.54, 1.807) is 10.7 Å². The van der Waals surface area contributed by atoms with Gasteiger partial charge in [-0.05, 0) is 31.7 Å². The van der Waals surface area contributed by atoms with Crippen LogP contribution in [0.1, 0.15) is 29.0 Å². The van der Waals surface area contributed by atoms with Gasteiger partial charge in [0.1, 0.15) is 5.69 Å². The lowest BCUT2D eigenvalue weighted by molar-refractivity contribution is 0.0944.